The fourth-order valence-corrected chi connectivity index (χ4v) is 11.9. The predicted molar refractivity (Wildman–Crippen MR) is 265 cm³/mol. The maximum Gasteiger partial charge on any atom is 0.224 e. The summed E-state index contributed by atoms with van der Waals surface area (Å²) in [7, 11) is 0. The number of β-amino-alcohol motifs (C(OH)–C–C–N with tert-alkyl or cyclic N) is 1. The Balaban J connectivity index is 0.000000166. The quantitative estimate of drug-likeness (QED) is 0.123. The summed E-state index contributed by atoms with van der Waals surface area (Å²) in [5.41, 5.74) is 6.93. The van der Waals surface area contributed by atoms with E-state index < -0.39 is 6.10 Å². The number of likely N-dealkylation sites (tertiary alicyclic amines) is 2. The number of ether oxygens (including phenoxy) is 2. The number of piperidine rings is 2. The Morgan fingerprint density at radius 2 is 1.12 bits per heavy atom. The van der Waals surface area contributed by atoms with E-state index in [1.165, 1.54) is 54.4 Å². The molecule has 2 amide bonds. The molecule has 0 spiro atoms. The third-order valence-corrected chi connectivity index (χ3v) is 16.9. The number of amides is 2. The van der Waals surface area contributed by atoms with Crippen molar-refractivity contribution in [2.45, 2.75) is 133 Å². The number of halogens is 2. The second-order valence-electron chi connectivity index (χ2n) is 20.3. The third-order valence-electron chi connectivity index (χ3n) is 16.4. The molecule has 0 aromatic heterocycles. The number of aliphatic hydroxyl groups excluding tert-OH is 1. The number of carbonyl (C=O) groups is 2. The van der Waals surface area contributed by atoms with E-state index in [1.54, 1.807) is 0 Å². The highest BCUT2D eigenvalue weighted by Gasteiger charge is 2.46. The van der Waals surface area contributed by atoms with Gasteiger partial charge < -0.3 is 25.2 Å². The summed E-state index contributed by atoms with van der Waals surface area (Å²) in [6.45, 7) is 9.98. The summed E-state index contributed by atoms with van der Waals surface area (Å²) < 4.78 is 12.4. The van der Waals surface area contributed by atoms with E-state index >= 15 is 0 Å². The van der Waals surface area contributed by atoms with Gasteiger partial charge in [0.25, 0.3) is 0 Å². The minimum atomic E-state index is -0.395. The topological polar surface area (TPSA) is 103 Å². The van der Waals surface area contributed by atoms with Crippen LogP contribution in [0, 0.1) is 11.8 Å². The van der Waals surface area contributed by atoms with Crippen molar-refractivity contribution in [3.8, 4) is 11.5 Å². The van der Waals surface area contributed by atoms with Crippen molar-refractivity contribution in [1.82, 2.24) is 9.80 Å². The number of hydrogen-bond acceptors (Lipinski definition) is 7. The van der Waals surface area contributed by atoms with Crippen molar-refractivity contribution in [3.63, 3.8) is 0 Å². The van der Waals surface area contributed by atoms with Gasteiger partial charge in [-0.05, 0) is 150 Å². The highest BCUT2D eigenvalue weighted by Crippen LogP contribution is 2.48. The predicted octanol–water partition coefficient (Wildman–Crippen LogP) is 11.0. The average Bonchev–Trinajstić information content (AvgIpc) is 3.28. The first-order chi connectivity index (χ1) is 32.0. The zero-order valence-electron chi connectivity index (χ0n) is 38.8. The smallest absolute Gasteiger partial charge is 0.224 e. The zero-order chi connectivity index (χ0) is 45.8. The van der Waals surface area contributed by atoms with Crippen LogP contribution in [0.15, 0.2) is 84.9 Å². The van der Waals surface area contributed by atoms with Gasteiger partial charge in [-0.25, -0.2) is 0 Å². The number of rotatable bonds is 13. The van der Waals surface area contributed by atoms with E-state index in [0.29, 0.717) is 49.9 Å². The number of hydrogen-bond donors (Lipinski definition) is 3. The van der Waals surface area contributed by atoms with E-state index in [2.05, 4.69) is 70.7 Å². The molecule has 0 bridgehead atoms. The number of nitrogens with one attached hydrogen (secondary N) is 2. The lowest BCUT2D eigenvalue weighted by Crippen LogP contribution is -2.55. The van der Waals surface area contributed by atoms with Crippen LogP contribution in [-0.2, 0) is 33.3 Å². The molecule has 10 rings (SSSR count). The lowest BCUT2D eigenvalue weighted by atomic mass is 9.61. The summed E-state index contributed by atoms with van der Waals surface area (Å²) in [5.74, 6) is 2.74. The van der Waals surface area contributed by atoms with Crippen molar-refractivity contribution in [1.29, 1.82) is 0 Å². The summed E-state index contributed by atoms with van der Waals surface area (Å²) in [6, 6.07) is 29.6. The molecule has 9 nitrogen and oxygen atoms in total. The molecular formula is C55H68Cl2N4O5. The molecule has 0 radical (unpaired) electrons. The van der Waals surface area contributed by atoms with Gasteiger partial charge in [-0.1, -0.05) is 72.4 Å². The largest absolute Gasteiger partial charge is 0.493 e. The molecule has 5 atom stereocenters. The van der Waals surface area contributed by atoms with Crippen molar-refractivity contribution in [2.24, 2.45) is 11.8 Å². The Bertz CT molecular complexity index is 2310. The fraction of sp³-hybridized carbons (Fsp3) is 0.527. The third kappa shape index (κ3) is 10.5. The molecule has 2 saturated carbocycles. The monoisotopic (exact) mass is 934 g/mol. The van der Waals surface area contributed by atoms with Crippen LogP contribution >= 0.6 is 23.2 Å². The van der Waals surface area contributed by atoms with Gasteiger partial charge in [0.2, 0.25) is 11.8 Å². The van der Waals surface area contributed by atoms with Crippen LogP contribution in [0.5, 0.6) is 11.5 Å². The first kappa shape index (κ1) is 47.0. The SMILES string of the molecule is CC1C(COc2ccc3c(c2)NC(=O)CC3)CCCN1CC(O)C1(c2ccc(Cl)cc2)CCC1.CC1C(COc2ccc3c(c2)NC(=O)CC3)CCCN1CC1(c2ccc(Cl)cc2)CCC1. The van der Waals surface area contributed by atoms with Gasteiger partial charge in [-0.15, -0.1) is 0 Å². The Morgan fingerprint density at radius 1 is 0.636 bits per heavy atom. The van der Waals surface area contributed by atoms with Crippen LogP contribution in [0.3, 0.4) is 0 Å². The normalized spacial score (nSPS) is 25.0. The Kier molecular flexibility index (Phi) is 14.7. The van der Waals surface area contributed by atoms with Crippen LogP contribution in [0.25, 0.3) is 0 Å². The van der Waals surface area contributed by atoms with E-state index in [4.69, 9.17) is 32.7 Å². The minimum absolute atomic E-state index is 0.0718. The van der Waals surface area contributed by atoms with Gasteiger partial charge in [-0.3, -0.25) is 19.4 Å². The van der Waals surface area contributed by atoms with E-state index in [1.807, 2.05) is 48.5 Å². The number of nitrogens with zero attached hydrogens (tertiary/aromatic N) is 2. The highest BCUT2D eigenvalue weighted by atomic mass is 35.5. The van der Waals surface area contributed by atoms with Gasteiger partial charge in [0, 0.05) is 94.2 Å². The molecule has 5 unspecified atom stereocenters. The highest BCUT2D eigenvalue weighted by molar-refractivity contribution is 6.30. The summed E-state index contributed by atoms with van der Waals surface area (Å²) in [5, 5.41) is 18.9. The standard InChI is InChI=1S/C28H35ClN2O3.C27H33ClN2O2/c1-19-21(18-34-24-11-5-20-6-12-27(33)30-25(20)16-24)4-2-15-31(19)17-26(32)28(13-3-14-28)22-7-9-23(29)10-8-22;1-19-21(17-32-24-11-5-20-6-12-26(31)29-25(20)16-24)4-2-15-30(19)18-27(13-3-14-27)22-7-9-23(28)10-8-22/h5,7-11,16,19,21,26,32H,2-4,6,12-15,17-18H2,1H3,(H,30,33);5,7-11,16,19,21H,2-4,6,12-15,17-18H2,1H3,(H,29,31). The Labute approximate surface area is 401 Å². The molecule has 11 heteroatoms. The van der Waals surface area contributed by atoms with Crippen LogP contribution in [0.4, 0.5) is 11.4 Å². The van der Waals surface area contributed by atoms with Crippen molar-refractivity contribution >= 4 is 46.4 Å². The lowest BCUT2D eigenvalue weighted by molar-refractivity contribution is -0.117. The van der Waals surface area contributed by atoms with Gasteiger partial charge >= 0.3 is 0 Å². The first-order valence-electron chi connectivity index (χ1n) is 24.8. The molecule has 4 aliphatic heterocycles. The Morgan fingerprint density at radius 3 is 1.61 bits per heavy atom. The molecule has 2 saturated heterocycles. The van der Waals surface area contributed by atoms with Gasteiger partial charge in [0.1, 0.15) is 11.5 Å². The van der Waals surface area contributed by atoms with Crippen molar-refractivity contribution < 1.29 is 24.2 Å². The average molecular weight is 936 g/mol. The second-order valence-corrected chi connectivity index (χ2v) is 21.2. The number of carbonyl (C=O) groups excluding carboxylic acids is 2. The molecule has 2 aliphatic carbocycles. The number of benzene rings is 4. The van der Waals surface area contributed by atoms with Crippen LogP contribution in [0.2, 0.25) is 10.0 Å². The molecule has 3 N–H and O–H groups in total. The fourth-order valence-electron chi connectivity index (χ4n) is 11.7. The summed E-state index contributed by atoms with van der Waals surface area (Å²) in [6.07, 6.45) is 14.0. The number of fused-ring (bicyclic) bond motifs is 2. The van der Waals surface area contributed by atoms with E-state index in [0.717, 1.165) is 104 Å². The molecule has 6 aliphatic rings. The van der Waals surface area contributed by atoms with Crippen LogP contribution < -0.4 is 20.1 Å². The van der Waals surface area contributed by atoms with E-state index in [-0.39, 0.29) is 22.6 Å². The van der Waals surface area contributed by atoms with Crippen LogP contribution in [0.1, 0.15) is 113 Å². The lowest BCUT2D eigenvalue weighted by Gasteiger charge is -2.49. The number of anilines is 2. The van der Waals surface area contributed by atoms with Crippen molar-refractivity contribution in [2.75, 3.05) is 50.0 Å². The molecule has 4 heterocycles. The second kappa shape index (κ2) is 20.6. The van der Waals surface area contributed by atoms with Gasteiger partial charge in [-0.2, -0.15) is 0 Å². The molecule has 4 aromatic carbocycles. The van der Waals surface area contributed by atoms with Crippen molar-refractivity contribution in [3.05, 3.63) is 117 Å². The summed E-state index contributed by atoms with van der Waals surface area (Å²) in [4.78, 5) is 28.6. The van der Waals surface area contributed by atoms with Gasteiger partial charge in [0.15, 0.2) is 0 Å². The molecule has 352 valence electrons. The molecule has 4 fully saturated rings. The zero-order valence-corrected chi connectivity index (χ0v) is 40.4. The first-order valence-corrected chi connectivity index (χ1v) is 25.5. The minimum Gasteiger partial charge on any atom is -0.493 e. The molecular weight excluding hydrogens is 868 g/mol. The van der Waals surface area contributed by atoms with E-state index in [9.17, 15) is 14.7 Å². The van der Waals surface area contributed by atoms with Crippen LogP contribution in [-0.4, -0.2) is 84.3 Å². The maximum absolute atomic E-state index is 11.7. The molecule has 4 aromatic rings. The Hall–Kier alpha value is -4.12. The molecule has 66 heavy (non-hydrogen) atoms. The number of aliphatic hydroxyl groups is 1. The summed E-state index contributed by atoms with van der Waals surface area (Å²) >= 11 is 12.3. The number of aryl methyl sites for hydroxylation is 2. The maximum atomic E-state index is 11.7. The van der Waals surface area contributed by atoms with Gasteiger partial charge in [0.05, 0.1) is 19.3 Å².